The average molecular weight is 555 g/mol. The second-order valence-electron chi connectivity index (χ2n) is 8.37. The van der Waals surface area contributed by atoms with Crippen LogP contribution < -0.4 is 10.6 Å². The monoisotopic (exact) mass is 554 g/mol. The molecule has 0 aliphatic carbocycles. The molecule has 0 fully saturated rings. The molecule has 1 atom stereocenters. The molecule has 7 nitrogen and oxygen atoms in total. The van der Waals surface area contributed by atoms with Crippen molar-refractivity contribution in [2.45, 2.75) is 66.1 Å². The first kappa shape index (κ1) is 27.9. The Labute approximate surface area is 210 Å². The van der Waals surface area contributed by atoms with Crippen molar-refractivity contribution in [1.29, 1.82) is 0 Å². The number of aromatic nitrogens is 2. The van der Waals surface area contributed by atoms with Gasteiger partial charge in [0.15, 0.2) is 5.96 Å². The smallest absolute Gasteiger partial charge is 0.251 e. The minimum Gasteiger partial charge on any atom is -0.357 e. The van der Waals surface area contributed by atoms with E-state index in [1.165, 1.54) is 5.56 Å². The first-order valence-electron chi connectivity index (χ1n) is 11.2. The number of nitrogens with zero attached hydrogens (tertiary/aromatic N) is 4. The van der Waals surface area contributed by atoms with Gasteiger partial charge < -0.3 is 15.5 Å². The molecule has 0 saturated carbocycles. The molecule has 2 N–H and O–H groups in total. The zero-order valence-electron chi connectivity index (χ0n) is 20.5. The maximum atomic E-state index is 12.3. The molecule has 1 aromatic heterocycles. The van der Waals surface area contributed by atoms with Crippen molar-refractivity contribution in [2.24, 2.45) is 12.0 Å². The van der Waals surface area contributed by atoms with E-state index in [4.69, 9.17) is 4.99 Å². The number of carbonyl (C=O) groups excluding carboxylic acids is 1. The van der Waals surface area contributed by atoms with Gasteiger partial charge in [-0.15, -0.1) is 24.0 Å². The molecule has 2 rings (SSSR count). The summed E-state index contributed by atoms with van der Waals surface area (Å²) in [7, 11) is 4.00. The Bertz CT molecular complexity index is 875. The number of guanidine groups is 1. The number of rotatable bonds is 9. The van der Waals surface area contributed by atoms with Crippen LogP contribution in [-0.4, -0.2) is 46.2 Å². The fraction of sp³-hybridized carbons (Fsp3) is 0.542. The number of carbonyl (C=O) groups is 1. The van der Waals surface area contributed by atoms with E-state index in [2.05, 4.69) is 54.5 Å². The minimum absolute atomic E-state index is 0. The van der Waals surface area contributed by atoms with E-state index in [0.29, 0.717) is 18.0 Å². The zero-order chi connectivity index (χ0) is 23.0. The van der Waals surface area contributed by atoms with Crippen molar-refractivity contribution in [2.75, 3.05) is 13.6 Å². The number of aryl methyl sites for hydroxylation is 1. The number of hydrogen-bond acceptors (Lipinski definition) is 3. The normalized spacial score (nSPS) is 12.3. The molecular weight excluding hydrogens is 515 g/mol. The molecule has 1 heterocycles. The molecule has 0 aliphatic rings. The summed E-state index contributed by atoms with van der Waals surface area (Å²) in [5, 5.41) is 11.0. The number of halogens is 1. The maximum absolute atomic E-state index is 12.3. The topological polar surface area (TPSA) is 74.6 Å². The van der Waals surface area contributed by atoms with Crippen molar-refractivity contribution in [3.63, 3.8) is 0 Å². The summed E-state index contributed by atoms with van der Waals surface area (Å²) in [5.74, 6) is 1.19. The van der Waals surface area contributed by atoms with Gasteiger partial charge in [-0.3, -0.25) is 9.48 Å². The van der Waals surface area contributed by atoms with Crippen molar-refractivity contribution >= 4 is 35.8 Å². The lowest BCUT2D eigenvalue weighted by Crippen LogP contribution is -2.38. The van der Waals surface area contributed by atoms with E-state index >= 15 is 0 Å². The molecule has 0 saturated heterocycles. The number of benzene rings is 1. The van der Waals surface area contributed by atoms with Gasteiger partial charge in [0.2, 0.25) is 0 Å². The number of aliphatic imine (C=N–C) groups is 1. The van der Waals surface area contributed by atoms with E-state index in [1.54, 1.807) is 0 Å². The lowest BCUT2D eigenvalue weighted by atomic mass is 10.1. The molecule has 0 radical (unpaired) electrons. The third-order valence-electron chi connectivity index (χ3n) is 5.21. The van der Waals surface area contributed by atoms with Gasteiger partial charge in [-0.05, 0) is 43.9 Å². The van der Waals surface area contributed by atoms with Crippen LogP contribution in [0.5, 0.6) is 0 Å². The highest BCUT2D eigenvalue weighted by molar-refractivity contribution is 14.0. The third-order valence-corrected chi connectivity index (χ3v) is 5.21. The van der Waals surface area contributed by atoms with E-state index in [0.717, 1.165) is 36.7 Å². The van der Waals surface area contributed by atoms with Gasteiger partial charge in [0.25, 0.3) is 5.91 Å². The highest BCUT2D eigenvalue weighted by atomic mass is 127. The zero-order valence-corrected chi connectivity index (χ0v) is 22.8. The molecule has 0 spiro atoms. The lowest BCUT2D eigenvalue weighted by molar-refractivity contribution is 0.0939. The fourth-order valence-electron chi connectivity index (χ4n) is 3.30. The van der Waals surface area contributed by atoms with E-state index < -0.39 is 0 Å². The van der Waals surface area contributed by atoms with Gasteiger partial charge >= 0.3 is 0 Å². The summed E-state index contributed by atoms with van der Waals surface area (Å²) < 4.78 is 1.88. The van der Waals surface area contributed by atoms with E-state index in [-0.39, 0.29) is 35.9 Å². The summed E-state index contributed by atoms with van der Waals surface area (Å²) >= 11 is 0. The minimum atomic E-state index is -0.0325. The van der Waals surface area contributed by atoms with Gasteiger partial charge in [0.05, 0.1) is 12.2 Å². The Morgan fingerprint density at radius 3 is 2.41 bits per heavy atom. The number of nitrogens with one attached hydrogen (secondary N) is 2. The molecule has 2 aromatic rings. The SMILES string of the molecule is CCNC(=NCc1ccc(C(=O)NC(C)CC)cc1)N(C)Cc1cn(C)nc1C(C)C.I. The van der Waals surface area contributed by atoms with Crippen LogP contribution in [0.15, 0.2) is 35.5 Å². The van der Waals surface area contributed by atoms with E-state index in [9.17, 15) is 4.79 Å². The molecule has 178 valence electrons. The van der Waals surface area contributed by atoms with Crippen LogP contribution in [0, 0.1) is 0 Å². The molecule has 1 unspecified atom stereocenters. The molecule has 8 heteroatoms. The third kappa shape index (κ3) is 8.11. The van der Waals surface area contributed by atoms with Crippen LogP contribution in [0.1, 0.15) is 74.1 Å². The summed E-state index contributed by atoms with van der Waals surface area (Å²) in [6.07, 6.45) is 3.00. The molecular formula is C24H39IN6O. The van der Waals surface area contributed by atoms with E-state index in [1.807, 2.05) is 50.0 Å². The first-order chi connectivity index (χ1) is 14.7. The first-order valence-corrected chi connectivity index (χ1v) is 11.2. The predicted octanol–water partition coefficient (Wildman–Crippen LogP) is 4.29. The average Bonchev–Trinajstić information content (AvgIpc) is 3.11. The van der Waals surface area contributed by atoms with Crippen LogP contribution in [0.2, 0.25) is 0 Å². The summed E-state index contributed by atoms with van der Waals surface area (Å²) in [6, 6.07) is 7.84. The highest BCUT2D eigenvalue weighted by Crippen LogP contribution is 2.18. The van der Waals surface area contributed by atoms with Crippen molar-refractivity contribution in [3.05, 3.63) is 52.8 Å². The number of amides is 1. The Morgan fingerprint density at radius 2 is 1.84 bits per heavy atom. The molecule has 0 bridgehead atoms. The van der Waals surface area contributed by atoms with Crippen LogP contribution in [0.3, 0.4) is 0 Å². The van der Waals surface area contributed by atoms with Crippen LogP contribution >= 0.6 is 24.0 Å². The molecule has 0 aliphatic heterocycles. The van der Waals surface area contributed by atoms with Gasteiger partial charge in [-0.2, -0.15) is 5.10 Å². The van der Waals surface area contributed by atoms with Gasteiger partial charge in [-0.1, -0.05) is 32.9 Å². The summed E-state index contributed by atoms with van der Waals surface area (Å²) in [4.78, 5) is 19.2. The Hall–Kier alpha value is -2.10. The molecule has 1 amide bonds. The van der Waals surface area contributed by atoms with Gasteiger partial charge in [-0.25, -0.2) is 4.99 Å². The molecule has 32 heavy (non-hydrogen) atoms. The van der Waals surface area contributed by atoms with Crippen molar-refractivity contribution in [3.8, 4) is 0 Å². The van der Waals surface area contributed by atoms with Crippen molar-refractivity contribution in [1.82, 2.24) is 25.3 Å². The quantitative estimate of drug-likeness (QED) is 0.276. The summed E-state index contributed by atoms with van der Waals surface area (Å²) in [5.41, 5.74) is 4.07. The Balaban J connectivity index is 0.00000512. The number of hydrogen-bond donors (Lipinski definition) is 2. The Kier molecular flexibility index (Phi) is 11.7. The highest BCUT2D eigenvalue weighted by Gasteiger charge is 2.15. The van der Waals surface area contributed by atoms with Gasteiger partial charge in [0, 0.05) is 50.6 Å². The van der Waals surface area contributed by atoms with Crippen LogP contribution in [0.25, 0.3) is 0 Å². The lowest BCUT2D eigenvalue weighted by Gasteiger charge is -2.22. The van der Waals surface area contributed by atoms with Crippen LogP contribution in [-0.2, 0) is 20.1 Å². The van der Waals surface area contributed by atoms with Gasteiger partial charge in [0.1, 0.15) is 0 Å². The second kappa shape index (κ2) is 13.4. The maximum Gasteiger partial charge on any atom is 0.251 e. The summed E-state index contributed by atoms with van der Waals surface area (Å²) in [6.45, 7) is 12.5. The largest absolute Gasteiger partial charge is 0.357 e. The second-order valence-corrected chi connectivity index (χ2v) is 8.37. The molecule has 1 aromatic carbocycles. The van der Waals surface area contributed by atoms with Crippen molar-refractivity contribution < 1.29 is 4.79 Å². The van der Waals surface area contributed by atoms with Crippen LogP contribution in [0.4, 0.5) is 0 Å². The fourth-order valence-corrected chi connectivity index (χ4v) is 3.30. The predicted molar refractivity (Wildman–Crippen MR) is 143 cm³/mol. The standard InChI is InChI=1S/C24H38N6O.HI/c1-8-18(5)27-23(31)20-12-10-19(11-13-20)14-26-24(25-9-2)29(6)15-21-16-30(7)28-22(21)17(3)4;/h10-13,16-18H,8-9,14-15H2,1-7H3,(H,25,26)(H,27,31);1H. The Morgan fingerprint density at radius 1 is 1.19 bits per heavy atom.